The molecular formula is C7H17NO4. The van der Waals surface area contributed by atoms with Crippen molar-refractivity contribution in [1.29, 1.82) is 0 Å². The lowest BCUT2D eigenvalue weighted by Gasteiger charge is -2.14. The van der Waals surface area contributed by atoms with Crippen molar-refractivity contribution < 1.29 is 20.1 Å². The lowest BCUT2D eigenvalue weighted by molar-refractivity contribution is -0.00270. The molecule has 0 aromatic heterocycles. The van der Waals surface area contributed by atoms with E-state index in [4.69, 9.17) is 20.1 Å². The van der Waals surface area contributed by atoms with Crippen LogP contribution >= 0.6 is 0 Å². The van der Waals surface area contributed by atoms with Crippen molar-refractivity contribution in [2.75, 3.05) is 39.5 Å². The molecule has 0 rings (SSSR count). The van der Waals surface area contributed by atoms with Crippen LogP contribution in [0.15, 0.2) is 0 Å². The Labute approximate surface area is 72.0 Å². The Morgan fingerprint density at radius 1 is 1.17 bits per heavy atom. The summed E-state index contributed by atoms with van der Waals surface area (Å²) in [6.07, 6.45) is -0.302. The minimum atomic E-state index is -0.302. The quantitative estimate of drug-likeness (QED) is 0.322. The third kappa shape index (κ3) is 6.51. The molecule has 0 bridgehead atoms. The molecule has 1 unspecified atom stereocenters. The maximum Gasteiger partial charge on any atom is 0.0930 e. The minimum Gasteiger partial charge on any atom is -0.395 e. The number of aliphatic hydroxyl groups is 3. The van der Waals surface area contributed by atoms with E-state index in [0.717, 1.165) is 0 Å². The van der Waals surface area contributed by atoms with E-state index in [-0.39, 0.29) is 32.5 Å². The van der Waals surface area contributed by atoms with E-state index < -0.39 is 0 Å². The van der Waals surface area contributed by atoms with Crippen LogP contribution in [0.5, 0.6) is 0 Å². The zero-order valence-electron chi connectivity index (χ0n) is 7.07. The van der Waals surface area contributed by atoms with Gasteiger partial charge in [0.05, 0.1) is 32.5 Å². The van der Waals surface area contributed by atoms with Crippen LogP contribution in [-0.2, 0) is 4.74 Å². The Kier molecular flexibility index (Phi) is 8.74. The average Bonchev–Trinajstić information content (AvgIpc) is 2.11. The smallest absolute Gasteiger partial charge is 0.0930 e. The molecule has 0 aliphatic carbocycles. The lowest BCUT2D eigenvalue weighted by atomic mass is 10.3. The number of ether oxygens (including phenoxy) is 1. The van der Waals surface area contributed by atoms with Crippen LogP contribution in [0.1, 0.15) is 0 Å². The van der Waals surface area contributed by atoms with Crippen molar-refractivity contribution in [2.45, 2.75) is 6.10 Å². The monoisotopic (exact) mass is 179 g/mol. The fraction of sp³-hybridized carbons (Fsp3) is 1.00. The van der Waals surface area contributed by atoms with Gasteiger partial charge < -0.3 is 25.4 Å². The highest BCUT2D eigenvalue weighted by atomic mass is 16.5. The molecule has 4 N–H and O–H groups in total. The van der Waals surface area contributed by atoms with Crippen molar-refractivity contribution in [2.24, 2.45) is 0 Å². The predicted molar refractivity (Wildman–Crippen MR) is 43.9 cm³/mol. The minimum absolute atomic E-state index is 0.0451. The standard InChI is InChI=1S/C7H17NO4/c9-2-1-8-5-7(6-11)12-4-3-10/h7-11H,1-6H2. The summed E-state index contributed by atoms with van der Waals surface area (Å²) < 4.78 is 5.04. The number of rotatable bonds is 8. The van der Waals surface area contributed by atoms with Gasteiger partial charge in [-0.3, -0.25) is 0 Å². The molecule has 5 heteroatoms. The van der Waals surface area contributed by atoms with Gasteiger partial charge in [-0.15, -0.1) is 0 Å². The van der Waals surface area contributed by atoms with Crippen LogP contribution in [0.4, 0.5) is 0 Å². The molecule has 0 saturated heterocycles. The molecule has 0 radical (unpaired) electrons. The molecule has 0 amide bonds. The molecule has 0 fully saturated rings. The van der Waals surface area contributed by atoms with Crippen molar-refractivity contribution in [3.05, 3.63) is 0 Å². The van der Waals surface area contributed by atoms with Gasteiger partial charge in [-0.25, -0.2) is 0 Å². The van der Waals surface area contributed by atoms with Gasteiger partial charge >= 0.3 is 0 Å². The normalized spacial score (nSPS) is 13.2. The van der Waals surface area contributed by atoms with Gasteiger partial charge in [0.15, 0.2) is 0 Å². The molecule has 0 aromatic carbocycles. The summed E-state index contributed by atoms with van der Waals surface area (Å²) in [7, 11) is 0. The average molecular weight is 179 g/mol. The summed E-state index contributed by atoms with van der Waals surface area (Å²) in [6.45, 7) is 1.13. The van der Waals surface area contributed by atoms with E-state index in [0.29, 0.717) is 13.1 Å². The summed E-state index contributed by atoms with van der Waals surface area (Å²) in [5, 5.41) is 28.5. The van der Waals surface area contributed by atoms with Crippen molar-refractivity contribution >= 4 is 0 Å². The second-order valence-corrected chi connectivity index (χ2v) is 2.33. The van der Waals surface area contributed by atoms with Crippen molar-refractivity contribution in [3.8, 4) is 0 Å². The topological polar surface area (TPSA) is 82.0 Å². The zero-order valence-corrected chi connectivity index (χ0v) is 7.07. The highest BCUT2D eigenvalue weighted by molar-refractivity contribution is 4.59. The van der Waals surface area contributed by atoms with Gasteiger partial charge in [-0.05, 0) is 0 Å². The maximum atomic E-state index is 8.74. The first-order valence-corrected chi connectivity index (χ1v) is 4.00. The van der Waals surface area contributed by atoms with E-state index in [1.807, 2.05) is 0 Å². The highest BCUT2D eigenvalue weighted by Crippen LogP contribution is 1.87. The molecule has 5 nitrogen and oxygen atoms in total. The van der Waals surface area contributed by atoms with Gasteiger partial charge in [0.1, 0.15) is 0 Å². The number of hydrogen-bond acceptors (Lipinski definition) is 5. The van der Waals surface area contributed by atoms with E-state index in [2.05, 4.69) is 5.32 Å². The molecule has 0 heterocycles. The van der Waals surface area contributed by atoms with Gasteiger partial charge in [-0.1, -0.05) is 0 Å². The molecule has 0 saturated carbocycles. The van der Waals surface area contributed by atoms with Gasteiger partial charge in [0, 0.05) is 13.1 Å². The summed E-state index contributed by atoms with van der Waals surface area (Å²) >= 11 is 0. The third-order valence-corrected chi connectivity index (χ3v) is 1.31. The fourth-order valence-corrected chi connectivity index (χ4v) is 0.738. The summed E-state index contributed by atoms with van der Waals surface area (Å²) in [6, 6.07) is 0. The van der Waals surface area contributed by atoms with E-state index >= 15 is 0 Å². The Hall–Kier alpha value is -0.200. The second-order valence-electron chi connectivity index (χ2n) is 2.33. The number of aliphatic hydroxyl groups excluding tert-OH is 3. The third-order valence-electron chi connectivity index (χ3n) is 1.31. The van der Waals surface area contributed by atoms with Crippen LogP contribution in [-0.4, -0.2) is 60.9 Å². The number of nitrogens with one attached hydrogen (secondary N) is 1. The van der Waals surface area contributed by atoms with Gasteiger partial charge in [-0.2, -0.15) is 0 Å². The summed E-state index contributed by atoms with van der Waals surface area (Å²) in [5.41, 5.74) is 0. The van der Waals surface area contributed by atoms with E-state index in [1.54, 1.807) is 0 Å². The predicted octanol–water partition coefficient (Wildman–Crippen LogP) is -2.06. The van der Waals surface area contributed by atoms with Crippen molar-refractivity contribution in [1.82, 2.24) is 5.32 Å². The zero-order chi connectivity index (χ0) is 9.23. The SMILES string of the molecule is OCCNCC(CO)OCCO. The van der Waals surface area contributed by atoms with Gasteiger partial charge in [0.2, 0.25) is 0 Å². The molecule has 12 heavy (non-hydrogen) atoms. The first kappa shape index (κ1) is 11.8. The molecule has 0 aromatic rings. The summed E-state index contributed by atoms with van der Waals surface area (Å²) in [5.74, 6) is 0. The van der Waals surface area contributed by atoms with Crippen LogP contribution in [0, 0.1) is 0 Å². The Balaban J connectivity index is 3.26. The molecule has 0 aliphatic rings. The fourth-order valence-electron chi connectivity index (χ4n) is 0.738. The molecule has 0 spiro atoms. The van der Waals surface area contributed by atoms with Crippen LogP contribution in [0.3, 0.4) is 0 Å². The van der Waals surface area contributed by atoms with E-state index in [1.165, 1.54) is 0 Å². The molecule has 74 valence electrons. The van der Waals surface area contributed by atoms with Crippen LogP contribution < -0.4 is 5.32 Å². The first-order valence-electron chi connectivity index (χ1n) is 4.00. The highest BCUT2D eigenvalue weighted by Gasteiger charge is 2.05. The van der Waals surface area contributed by atoms with Crippen LogP contribution in [0.25, 0.3) is 0 Å². The molecule has 1 atom stereocenters. The number of hydrogen-bond donors (Lipinski definition) is 4. The molecule has 0 aliphatic heterocycles. The van der Waals surface area contributed by atoms with Crippen LogP contribution in [0.2, 0.25) is 0 Å². The summed E-state index contributed by atoms with van der Waals surface area (Å²) in [4.78, 5) is 0. The second kappa shape index (κ2) is 8.89. The Morgan fingerprint density at radius 3 is 2.42 bits per heavy atom. The first-order chi connectivity index (χ1) is 5.85. The van der Waals surface area contributed by atoms with Gasteiger partial charge in [0.25, 0.3) is 0 Å². The molecular weight excluding hydrogens is 162 g/mol. The maximum absolute atomic E-state index is 8.74. The van der Waals surface area contributed by atoms with Crippen molar-refractivity contribution in [3.63, 3.8) is 0 Å². The van der Waals surface area contributed by atoms with E-state index in [9.17, 15) is 0 Å². The Morgan fingerprint density at radius 2 is 1.92 bits per heavy atom. The largest absolute Gasteiger partial charge is 0.395 e. The Bertz CT molecular complexity index is 91.5. The lowest BCUT2D eigenvalue weighted by Crippen LogP contribution is -2.34.